The van der Waals surface area contributed by atoms with Crippen LogP contribution >= 0.6 is 0 Å². The Morgan fingerprint density at radius 2 is 2.44 bits per heavy atom. The van der Waals surface area contributed by atoms with Gasteiger partial charge in [0.15, 0.2) is 0 Å². The molecule has 0 unspecified atom stereocenters. The largest absolute Gasteiger partial charge is 0.272 e. The molecule has 1 aliphatic rings. The van der Waals surface area contributed by atoms with Crippen LogP contribution < -0.4 is 0 Å². The Morgan fingerprint density at radius 1 is 1.56 bits per heavy atom. The van der Waals surface area contributed by atoms with Crippen molar-refractivity contribution in [3.05, 3.63) is 17.5 Å². The molecule has 1 aromatic heterocycles. The van der Waals surface area contributed by atoms with Crippen molar-refractivity contribution in [2.24, 2.45) is 7.05 Å². The molecule has 0 saturated heterocycles. The van der Waals surface area contributed by atoms with Gasteiger partial charge in [-0.2, -0.15) is 5.10 Å². The molecule has 0 atom stereocenters. The SMILES string of the molecule is Cn1ncc2c1CCC2. The van der Waals surface area contributed by atoms with Crippen molar-refractivity contribution >= 4 is 0 Å². The van der Waals surface area contributed by atoms with Gasteiger partial charge in [-0.05, 0) is 24.8 Å². The van der Waals surface area contributed by atoms with Crippen LogP contribution in [0.2, 0.25) is 0 Å². The number of fused-ring (bicyclic) bond motifs is 1. The quantitative estimate of drug-likeness (QED) is 0.500. The molecule has 1 heterocycles. The third kappa shape index (κ3) is 0.590. The standard InChI is InChI=1S/C7H10N2/c1-9-7-4-2-3-6(7)5-8-9/h5H,2-4H2,1H3. The summed E-state index contributed by atoms with van der Waals surface area (Å²) in [4.78, 5) is 0. The maximum absolute atomic E-state index is 4.15. The second-order valence-corrected chi connectivity index (χ2v) is 2.59. The highest BCUT2D eigenvalue weighted by Crippen LogP contribution is 2.19. The summed E-state index contributed by atoms with van der Waals surface area (Å²) in [6, 6.07) is 0. The van der Waals surface area contributed by atoms with Crippen LogP contribution in [0.25, 0.3) is 0 Å². The minimum atomic E-state index is 1.23. The third-order valence-corrected chi connectivity index (χ3v) is 2.01. The van der Waals surface area contributed by atoms with E-state index in [4.69, 9.17) is 0 Å². The van der Waals surface area contributed by atoms with Crippen LogP contribution in [0, 0.1) is 0 Å². The number of hydrogen-bond acceptors (Lipinski definition) is 1. The van der Waals surface area contributed by atoms with E-state index in [1.165, 1.54) is 30.5 Å². The Bertz CT molecular complexity index is 225. The van der Waals surface area contributed by atoms with Crippen molar-refractivity contribution in [3.8, 4) is 0 Å². The van der Waals surface area contributed by atoms with Crippen LogP contribution in [0.1, 0.15) is 17.7 Å². The van der Waals surface area contributed by atoms with Gasteiger partial charge in [-0.3, -0.25) is 4.68 Å². The van der Waals surface area contributed by atoms with Gasteiger partial charge in [0.2, 0.25) is 0 Å². The van der Waals surface area contributed by atoms with Crippen molar-refractivity contribution in [1.29, 1.82) is 0 Å². The summed E-state index contributed by atoms with van der Waals surface area (Å²) in [5, 5.41) is 4.15. The summed E-state index contributed by atoms with van der Waals surface area (Å²) in [7, 11) is 2.02. The van der Waals surface area contributed by atoms with Gasteiger partial charge >= 0.3 is 0 Å². The normalized spacial score (nSPS) is 16.1. The summed E-state index contributed by atoms with van der Waals surface area (Å²) >= 11 is 0. The molecule has 0 aliphatic heterocycles. The molecule has 0 amide bonds. The maximum Gasteiger partial charge on any atom is 0.0524 e. The first-order chi connectivity index (χ1) is 4.38. The molecule has 1 aromatic rings. The van der Waals surface area contributed by atoms with Crippen molar-refractivity contribution in [2.45, 2.75) is 19.3 Å². The summed E-state index contributed by atoms with van der Waals surface area (Å²) in [5.41, 5.74) is 2.90. The monoisotopic (exact) mass is 122 g/mol. The highest BCUT2D eigenvalue weighted by atomic mass is 15.3. The smallest absolute Gasteiger partial charge is 0.0524 e. The Balaban J connectivity index is 2.56. The molecule has 0 aromatic carbocycles. The fourth-order valence-corrected chi connectivity index (χ4v) is 1.49. The summed E-state index contributed by atoms with van der Waals surface area (Å²) in [6.07, 6.45) is 5.78. The summed E-state index contributed by atoms with van der Waals surface area (Å²) in [5.74, 6) is 0. The van der Waals surface area contributed by atoms with Crippen LogP contribution in [0.3, 0.4) is 0 Å². The van der Waals surface area contributed by atoms with Gasteiger partial charge in [-0.1, -0.05) is 0 Å². The van der Waals surface area contributed by atoms with Gasteiger partial charge in [0.1, 0.15) is 0 Å². The van der Waals surface area contributed by atoms with E-state index in [0.29, 0.717) is 0 Å². The molecule has 9 heavy (non-hydrogen) atoms. The predicted octanol–water partition coefficient (Wildman–Crippen LogP) is 0.909. The van der Waals surface area contributed by atoms with Gasteiger partial charge in [0.05, 0.1) is 6.20 Å². The average Bonchev–Trinajstić information content (AvgIpc) is 2.35. The molecule has 2 rings (SSSR count). The summed E-state index contributed by atoms with van der Waals surface area (Å²) < 4.78 is 1.99. The second kappa shape index (κ2) is 1.59. The maximum atomic E-state index is 4.15. The number of hydrogen-bond donors (Lipinski definition) is 0. The lowest BCUT2D eigenvalue weighted by Crippen LogP contribution is -1.94. The fraction of sp³-hybridized carbons (Fsp3) is 0.571. The zero-order chi connectivity index (χ0) is 6.27. The first-order valence-corrected chi connectivity index (χ1v) is 3.37. The van der Waals surface area contributed by atoms with E-state index < -0.39 is 0 Å². The van der Waals surface area contributed by atoms with E-state index in [2.05, 4.69) is 5.10 Å². The van der Waals surface area contributed by atoms with E-state index >= 15 is 0 Å². The topological polar surface area (TPSA) is 17.8 Å². The average molecular weight is 122 g/mol. The molecular formula is C7H10N2. The molecule has 0 bridgehead atoms. The minimum absolute atomic E-state index is 1.23. The molecule has 0 spiro atoms. The molecule has 0 N–H and O–H groups in total. The van der Waals surface area contributed by atoms with Crippen LogP contribution in [0.4, 0.5) is 0 Å². The first-order valence-electron chi connectivity index (χ1n) is 3.37. The molecule has 0 radical (unpaired) electrons. The molecule has 0 saturated carbocycles. The zero-order valence-electron chi connectivity index (χ0n) is 5.59. The van der Waals surface area contributed by atoms with Crippen LogP contribution in [-0.2, 0) is 19.9 Å². The number of aryl methyl sites for hydroxylation is 2. The Kier molecular flexibility index (Phi) is 0.891. The molecule has 1 aliphatic carbocycles. The van der Waals surface area contributed by atoms with Gasteiger partial charge in [-0.25, -0.2) is 0 Å². The van der Waals surface area contributed by atoms with E-state index in [1.807, 2.05) is 17.9 Å². The minimum Gasteiger partial charge on any atom is -0.272 e. The van der Waals surface area contributed by atoms with E-state index in [0.717, 1.165) is 0 Å². The Hall–Kier alpha value is -0.790. The van der Waals surface area contributed by atoms with Crippen LogP contribution in [-0.4, -0.2) is 9.78 Å². The number of aromatic nitrogens is 2. The lowest BCUT2D eigenvalue weighted by atomic mass is 10.3. The lowest BCUT2D eigenvalue weighted by Gasteiger charge is -1.92. The molecular weight excluding hydrogens is 112 g/mol. The van der Waals surface area contributed by atoms with E-state index in [9.17, 15) is 0 Å². The molecule has 2 nitrogen and oxygen atoms in total. The fourth-order valence-electron chi connectivity index (χ4n) is 1.49. The van der Waals surface area contributed by atoms with Crippen molar-refractivity contribution in [1.82, 2.24) is 9.78 Å². The van der Waals surface area contributed by atoms with Crippen LogP contribution in [0.5, 0.6) is 0 Å². The van der Waals surface area contributed by atoms with Crippen LogP contribution in [0.15, 0.2) is 6.20 Å². The summed E-state index contributed by atoms with van der Waals surface area (Å²) in [6.45, 7) is 0. The third-order valence-electron chi connectivity index (χ3n) is 2.01. The Labute approximate surface area is 54.5 Å². The van der Waals surface area contributed by atoms with Gasteiger partial charge in [0.25, 0.3) is 0 Å². The second-order valence-electron chi connectivity index (χ2n) is 2.59. The molecule has 0 fully saturated rings. The highest BCUT2D eigenvalue weighted by Gasteiger charge is 2.13. The highest BCUT2D eigenvalue weighted by molar-refractivity contribution is 5.22. The predicted molar refractivity (Wildman–Crippen MR) is 35.2 cm³/mol. The molecule has 2 heteroatoms. The van der Waals surface area contributed by atoms with Gasteiger partial charge in [0, 0.05) is 12.7 Å². The Morgan fingerprint density at radius 3 is 3.22 bits per heavy atom. The zero-order valence-corrected chi connectivity index (χ0v) is 5.59. The molecule has 48 valence electrons. The lowest BCUT2D eigenvalue weighted by molar-refractivity contribution is 0.706. The van der Waals surface area contributed by atoms with Crippen molar-refractivity contribution in [2.75, 3.05) is 0 Å². The van der Waals surface area contributed by atoms with Gasteiger partial charge in [-0.15, -0.1) is 0 Å². The number of rotatable bonds is 0. The van der Waals surface area contributed by atoms with Gasteiger partial charge < -0.3 is 0 Å². The van der Waals surface area contributed by atoms with E-state index in [-0.39, 0.29) is 0 Å². The van der Waals surface area contributed by atoms with Crippen molar-refractivity contribution < 1.29 is 0 Å². The number of nitrogens with zero attached hydrogens (tertiary/aromatic N) is 2. The first kappa shape index (κ1) is 5.03. The van der Waals surface area contributed by atoms with Crippen molar-refractivity contribution in [3.63, 3.8) is 0 Å². The van der Waals surface area contributed by atoms with E-state index in [1.54, 1.807) is 0 Å².